The van der Waals surface area contributed by atoms with E-state index in [0.717, 1.165) is 68.2 Å². The number of anilines is 2. The Hall–Kier alpha value is -5.62. The van der Waals surface area contributed by atoms with E-state index >= 15 is 0 Å². The number of fused-ring (bicyclic) bond motifs is 1. The molecule has 2 aliphatic heterocycles. The molecule has 1 amide bonds. The van der Waals surface area contributed by atoms with Gasteiger partial charge in [0.2, 0.25) is 6.43 Å². The molecule has 332 valence electrons. The highest BCUT2D eigenvalue weighted by Crippen LogP contribution is 2.44. The van der Waals surface area contributed by atoms with E-state index in [2.05, 4.69) is 56.4 Å². The summed E-state index contributed by atoms with van der Waals surface area (Å²) in [5.74, 6) is -0.653. The lowest BCUT2D eigenvalue weighted by Gasteiger charge is -2.39. The fourth-order valence-electron chi connectivity index (χ4n) is 8.81. The van der Waals surface area contributed by atoms with Crippen LogP contribution in [0.1, 0.15) is 61.9 Å². The summed E-state index contributed by atoms with van der Waals surface area (Å²) in [5.41, 5.74) is 3.61. The molecule has 0 radical (unpaired) electrons. The number of amides is 1. The minimum Gasteiger partial charge on any atom is -0.455 e. The van der Waals surface area contributed by atoms with Gasteiger partial charge in [-0.25, -0.2) is 26.9 Å². The third-order valence-corrected chi connectivity index (χ3v) is 13.8. The van der Waals surface area contributed by atoms with Gasteiger partial charge in [-0.3, -0.25) is 19.8 Å². The number of carbonyl (C=O) groups is 1. The summed E-state index contributed by atoms with van der Waals surface area (Å²) in [4.78, 5) is 36.8. The summed E-state index contributed by atoms with van der Waals surface area (Å²) in [6.45, 7) is 9.02. The lowest BCUT2D eigenvalue weighted by molar-refractivity contribution is -0.384. The Balaban J connectivity index is 1.02. The molecule has 0 spiro atoms. The van der Waals surface area contributed by atoms with Crippen LogP contribution in [0, 0.1) is 15.5 Å². The zero-order chi connectivity index (χ0) is 44.5. The first kappa shape index (κ1) is 44.0. The minimum atomic E-state index is -4.69. The molecule has 8 rings (SSSR count). The average molecular weight is 903 g/mol. The summed E-state index contributed by atoms with van der Waals surface area (Å²) in [7, 11) is -4.69. The molecule has 1 aliphatic carbocycles. The number of carbonyl (C=O) groups excluding carboxylic acids is 1. The van der Waals surface area contributed by atoms with Crippen molar-refractivity contribution >= 4 is 61.2 Å². The summed E-state index contributed by atoms with van der Waals surface area (Å²) < 4.78 is 62.8. The predicted molar refractivity (Wildman–Crippen MR) is 239 cm³/mol. The zero-order valence-electron chi connectivity index (χ0n) is 34.9. The van der Waals surface area contributed by atoms with Crippen molar-refractivity contribution in [2.75, 3.05) is 56.0 Å². The molecule has 2 aromatic heterocycles. The van der Waals surface area contributed by atoms with Crippen LogP contribution in [0.5, 0.6) is 11.5 Å². The van der Waals surface area contributed by atoms with Crippen molar-refractivity contribution in [1.82, 2.24) is 24.9 Å². The summed E-state index contributed by atoms with van der Waals surface area (Å²) >= 11 is 6.23. The SMILES string of the molecule is CC1(C)CCC(CN2CCN(c3ccc(C(=O)NS(=O)(=O)c4ccc(N[C@]5(CC(F)F)CCNC5)c([N+](=O)[O-])c4)c(Oc4cnc5[nH]ccc5c4)c3)CC2)=C(c2ccc(Cl)cc2)C1. The number of nitrogens with one attached hydrogen (secondary N) is 4. The number of H-pyrrole nitrogens is 1. The molecule has 3 aromatic carbocycles. The smallest absolute Gasteiger partial charge is 0.293 e. The van der Waals surface area contributed by atoms with Crippen LogP contribution in [0.3, 0.4) is 0 Å². The first-order valence-corrected chi connectivity index (χ1v) is 22.7. The Morgan fingerprint density at radius 1 is 1.03 bits per heavy atom. The second kappa shape index (κ2) is 17.9. The van der Waals surface area contributed by atoms with E-state index in [9.17, 15) is 32.1 Å². The van der Waals surface area contributed by atoms with E-state index in [-0.39, 0.29) is 35.4 Å². The number of allylic oxidation sites excluding steroid dienone is 1. The molecular formula is C45H49ClF2N8O6S. The predicted octanol–water partition coefficient (Wildman–Crippen LogP) is 8.62. The highest BCUT2D eigenvalue weighted by Gasteiger charge is 2.38. The van der Waals surface area contributed by atoms with Crippen molar-refractivity contribution in [2.24, 2.45) is 5.41 Å². The fourth-order valence-corrected chi connectivity index (χ4v) is 9.92. The Bertz CT molecular complexity index is 2660. The summed E-state index contributed by atoms with van der Waals surface area (Å²) in [5, 5.41) is 19.5. The van der Waals surface area contributed by atoms with Crippen molar-refractivity contribution in [3.05, 3.63) is 117 Å². The van der Waals surface area contributed by atoms with Crippen LogP contribution in [-0.2, 0) is 10.0 Å². The molecule has 0 bridgehead atoms. The number of benzene rings is 3. The van der Waals surface area contributed by atoms with Gasteiger partial charge < -0.3 is 25.3 Å². The van der Waals surface area contributed by atoms with Gasteiger partial charge in [0.25, 0.3) is 21.6 Å². The number of rotatable bonds is 14. The van der Waals surface area contributed by atoms with Crippen LogP contribution in [0.15, 0.2) is 95.7 Å². The van der Waals surface area contributed by atoms with Crippen LogP contribution >= 0.6 is 11.6 Å². The molecule has 0 unspecified atom stereocenters. The van der Waals surface area contributed by atoms with Crippen LogP contribution in [0.2, 0.25) is 5.02 Å². The van der Waals surface area contributed by atoms with Gasteiger partial charge in [0, 0.05) is 80.1 Å². The van der Waals surface area contributed by atoms with Crippen molar-refractivity contribution in [3.8, 4) is 11.5 Å². The third-order valence-electron chi connectivity index (χ3n) is 12.2. The van der Waals surface area contributed by atoms with Gasteiger partial charge in [-0.2, -0.15) is 0 Å². The molecule has 2 fully saturated rings. The van der Waals surface area contributed by atoms with Crippen LogP contribution in [0.4, 0.5) is 25.8 Å². The van der Waals surface area contributed by atoms with E-state index in [4.69, 9.17) is 16.3 Å². The first-order chi connectivity index (χ1) is 30.1. The third kappa shape index (κ3) is 10.1. The molecule has 4 N–H and O–H groups in total. The maximum absolute atomic E-state index is 13.9. The van der Waals surface area contributed by atoms with E-state index < -0.39 is 49.8 Å². The van der Waals surface area contributed by atoms with Crippen molar-refractivity contribution < 1.29 is 31.7 Å². The number of pyridine rings is 1. The van der Waals surface area contributed by atoms with E-state index in [1.165, 1.54) is 29.0 Å². The Morgan fingerprint density at radius 2 is 1.81 bits per heavy atom. The lowest BCUT2D eigenvalue weighted by Crippen LogP contribution is -2.47. The topological polar surface area (TPSA) is 175 Å². The Labute approximate surface area is 369 Å². The van der Waals surface area contributed by atoms with Gasteiger partial charge in [-0.15, -0.1) is 0 Å². The van der Waals surface area contributed by atoms with Gasteiger partial charge in [-0.05, 0) is 97.3 Å². The maximum atomic E-state index is 13.9. The van der Waals surface area contributed by atoms with E-state index in [1.807, 2.05) is 22.9 Å². The van der Waals surface area contributed by atoms with Crippen LogP contribution < -0.4 is 25.0 Å². The molecule has 0 saturated carbocycles. The lowest BCUT2D eigenvalue weighted by atomic mass is 9.72. The Kier molecular flexibility index (Phi) is 12.5. The number of hydrogen-bond acceptors (Lipinski definition) is 11. The summed E-state index contributed by atoms with van der Waals surface area (Å²) in [6, 6.07) is 19.6. The van der Waals surface area contributed by atoms with E-state index in [1.54, 1.807) is 24.4 Å². The highest BCUT2D eigenvalue weighted by molar-refractivity contribution is 7.90. The molecule has 4 heterocycles. The van der Waals surface area contributed by atoms with Crippen LogP contribution in [-0.4, -0.2) is 91.9 Å². The average Bonchev–Trinajstić information content (AvgIpc) is 3.91. The normalized spacial score (nSPS) is 19.4. The van der Waals surface area contributed by atoms with Crippen molar-refractivity contribution in [1.29, 1.82) is 0 Å². The number of nitro groups is 1. The van der Waals surface area contributed by atoms with Gasteiger partial charge in [-0.1, -0.05) is 43.2 Å². The van der Waals surface area contributed by atoms with Crippen molar-refractivity contribution in [3.63, 3.8) is 0 Å². The molecule has 1 atom stereocenters. The van der Waals surface area contributed by atoms with Crippen LogP contribution in [0.25, 0.3) is 16.6 Å². The molecular weight excluding hydrogens is 854 g/mol. The quantitative estimate of drug-likeness (QED) is 0.0621. The molecule has 14 nitrogen and oxygen atoms in total. The maximum Gasteiger partial charge on any atom is 0.293 e. The van der Waals surface area contributed by atoms with E-state index in [0.29, 0.717) is 36.1 Å². The summed E-state index contributed by atoms with van der Waals surface area (Å²) in [6.07, 6.45) is 3.40. The first-order valence-electron chi connectivity index (χ1n) is 20.9. The minimum absolute atomic E-state index is 0.0712. The number of aromatic amines is 1. The second-order valence-electron chi connectivity index (χ2n) is 17.4. The van der Waals surface area contributed by atoms with Gasteiger partial charge >= 0.3 is 0 Å². The number of sulfonamides is 1. The number of aromatic nitrogens is 2. The number of nitrogens with zero attached hydrogens (tertiary/aromatic N) is 4. The second-order valence-corrected chi connectivity index (χ2v) is 19.5. The zero-order valence-corrected chi connectivity index (χ0v) is 36.5. The van der Waals surface area contributed by atoms with Gasteiger partial charge in [0.1, 0.15) is 22.8 Å². The standard InChI is InChI=1S/C45H49ClF2N8O6S/c1-44(2)13-11-31(37(24-44)29-3-5-32(46)6-4-29)27-54-17-19-55(20-18-54)33-7-9-36(40(22-33)62-34-21-30-12-15-50-42(30)51-26-34)43(57)53-63(60,61)35-8-10-38(39(23-35)56(58)59)52-45(25-41(47)48)14-16-49-28-45/h3-10,12,15,21-23,26,41,49,52H,11,13-14,16-20,24-25,27-28H2,1-2H3,(H,50,51)(H,53,57)/t45-/m0/s1. The van der Waals surface area contributed by atoms with Gasteiger partial charge in [0.15, 0.2) is 0 Å². The highest BCUT2D eigenvalue weighted by atomic mass is 35.5. The monoisotopic (exact) mass is 902 g/mol. The van der Waals surface area contributed by atoms with Gasteiger partial charge in [0.05, 0.1) is 27.1 Å². The number of nitro benzene ring substituents is 1. The molecule has 2 saturated heterocycles. The largest absolute Gasteiger partial charge is 0.455 e. The number of alkyl halides is 2. The Morgan fingerprint density at radius 3 is 2.52 bits per heavy atom. The van der Waals surface area contributed by atoms with Crippen molar-refractivity contribution in [2.45, 2.75) is 62.8 Å². The number of halogens is 3. The molecule has 5 aromatic rings. The number of ether oxygens (including phenoxy) is 1. The molecule has 63 heavy (non-hydrogen) atoms. The molecule has 3 aliphatic rings. The number of hydrogen-bond donors (Lipinski definition) is 4. The number of piperazine rings is 1. The molecule has 18 heteroatoms. The fraction of sp³-hybridized carbons (Fsp3) is 0.378.